The van der Waals surface area contributed by atoms with Crippen LogP contribution in [-0.2, 0) is 10.2 Å². The molecule has 0 amide bonds. The number of hydrogen-bond acceptors (Lipinski definition) is 3. The first kappa shape index (κ1) is 11.9. The van der Waals surface area contributed by atoms with Gasteiger partial charge in [0.2, 0.25) is 0 Å². The lowest BCUT2D eigenvalue weighted by Crippen LogP contribution is -2.41. The minimum Gasteiger partial charge on any atom is -0.316 e. The lowest BCUT2D eigenvalue weighted by Gasteiger charge is -2.22. The van der Waals surface area contributed by atoms with E-state index in [4.69, 9.17) is 0 Å². The highest BCUT2D eigenvalue weighted by Crippen LogP contribution is 2.15. The standard InChI is InChI=1S/C8H19N3O2S/c1-4-10(3)14(12,13)11-6-5-8(7-11)9-2/h8-9H,4-7H2,1-3H3. The van der Waals surface area contributed by atoms with Gasteiger partial charge in [0.1, 0.15) is 0 Å². The number of nitrogens with one attached hydrogen (secondary N) is 1. The lowest BCUT2D eigenvalue weighted by atomic mass is 10.3. The molecule has 1 heterocycles. The normalized spacial score (nSPS) is 24.7. The van der Waals surface area contributed by atoms with Gasteiger partial charge in [-0.15, -0.1) is 0 Å². The Morgan fingerprint density at radius 3 is 2.64 bits per heavy atom. The van der Waals surface area contributed by atoms with Crippen molar-refractivity contribution in [3.63, 3.8) is 0 Å². The monoisotopic (exact) mass is 221 g/mol. The van der Waals surface area contributed by atoms with E-state index in [9.17, 15) is 8.42 Å². The molecule has 0 radical (unpaired) electrons. The Morgan fingerprint density at radius 2 is 2.21 bits per heavy atom. The third-order valence-corrected chi connectivity index (χ3v) is 4.75. The Bertz CT molecular complexity index is 278. The molecule has 1 N–H and O–H groups in total. The Balaban J connectivity index is 2.66. The van der Waals surface area contributed by atoms with E-state index in [1.165, 1.54) is 8.61 Å². The summed E-state index contributed by atoms with van der Waals surface area (Å²) in [6, 6.07) is 0.301. The van der Waals surface area contributed by atoms with Gasteiger partial charge in [-0.2, -0.15) is 17.0 Å². The van der Waals surface area contributed by atoms with Gasteiger partial charge in [0.25, 0.3) is 10.2 Å². The van der Waals surface area contributed by atoms with E-state index in [1.807, 2.05) is 14.0 Å². The van der Waals surface area contributed by atoms with Crippen molar-refractivity contribution >= 4 is 10.2 Å². The molecule has 1 aliphatic rings. The van der Waals surface area contributed by atoms with Crippen molar-refractivity contribution in [2.75, 3.05) is 33.7 Å². The van der Waals surface area contributed by atoms with Crippen LogP contribution >= 0.6 is 0 Å². The SMILES string of the molecule is CCN(C)S(=O)(=O)N1CCC(NC)C1. The van der Waals surface area contributed by atoms with Crippen LogP contribution in [-0.4, -0.2) is 56.8 Å². The van der Waals surface area contributed by atoms with Crippen molar-refractivity contribution < 1.29 is 8.42 Å². The first-order valence-electron chi connectivity index (χ1n) is 4.91. The van der Waals surface area contributed by atoms with Crippen LogP contribution in [0.2, 0.25) is 0 Å². The summed E-state index contributed by atoms with van der Waals surface area (Å²) in [5, 5.41) is 3.10. The molecule has 0 aromatic carbocycles. The van der Waals surface area contributed by atoms with Crippen molar-refractivity contribution in [2.24, 2.45) is 0 Å². The topological polar surface area (TPSA) is 52.7 Å². The number of nitrogens with zero attached hydrogens (tertiary/aromatic N) is 2. The van der Waals surface area contributed by atoms with Gasteiger partial charge in [-0.1, -0.05) is 6.92 Å². The lowest BCUT2D eigenvalue weighted by molar-refractivity contribution is 0.397. The molecule has 84 valence electrons. The highest BCUT2D eigenvalue weighted by Gasteiger charge is 2.32. The minimum absolute atomic E-state index is 0.301. The van der Waals surface area contributed by atoms with Gasteiger partial charge < -0.3 is 5.32 Å². The van der Waals surface area contributed by atoms with E-state index in [1.54, 1.807) is 7.05 Å². The van der Waals surface area contributed by atoms with Gasteiger partial charge in [-0.05, 0) is 13.5 Å². The van der Waals surface area contributed by atoms with Crippen LogP contribution in [0.25, 0.3) is 0 Å². The molecule has 1 aliphatic heterocycles. The summed E-state index contributed by atoms with van der Waals surface area (Å²) in [5.41, 5.74) is 0. The molecule has 5 nitrogen and oxygen atoms in total. The van der Waals surface area contributed by atoms with Gasteiger partial charge in [0, 0.05) is 32.7 Å². The van der Waals surface area contributed by atoms with Crippen LogP contribution in [0.4, 0.5) is 0 Å². The van der Waals surface area contributed by atoms with Crippen molar-refractivity contribution in [3.05, 3.63) is 0 Å². The molecule has 1 saturated heterocycles. The maximum Gasteiger partial charge on any atom is 0.281 e. The molecule has 6 heteroatoms. The molecule has 0 saturated carbocycles. The van der Waals surface area contributed by atoms with Crippen LogP contribution in [0.3, 0.4) is 0 Å². The Labute approximate surface area is 86.3 Å². The molecule has 14 heavy (non-hydrogen) atoms. The van der Waals surface area contributed by atoms with E-state index in [0.717, 1.165) is 6.42 Å². The summed E-state index contributed by atoms with van der Waals surface area (Å²) in [7, 11) is 0.273. The maximum absolute atomic E-state index is 11.8. The maximum atomic E-state index is 11.8. The van der Waals surface area contributed by atoms with Crippen LogP contribution in [0.5, 0.6) is 0 Å². The van der Waals surface area contributed by atoms with Gasteiger partial charge in [0.15, 0.2) is 0 Å². The molecule has 1 atom stereocenters. The van der Waals surface area contributed by atoms with E-state index >= 15 is 0 Å². The van der Waals surface area contributed by atoms with E-state index in [0.29, 0.717) is 25.7 Å². The first-order valence-corrected chi connectivity index (χ1v) is 6.30. The molecular formula is C8H19N3O2S. The van der Waals surface area contributed by atoms with Crippen molar-refractivity contribution in [3.8, 4) is 0 Å². The highest BCUT2D eigenvalue weighted by atomic mass is 32.2. The number of hydrogen-bond donors (Lipinski definition) is 1. The molecule has 0 bridgehead atoms. The molecule has 1 fully saturated rings. The van der Waals surface area contributed by atoms with E-state index in [-0.39, 0.29) is 0 Å². The zero-order valence-corrected chi connectivity index (χ0v) is 9.84. The van der Waals surface area contributed by atoms with Crippen molar-refractivity contribution in [1.82, 2.24) is 13.9 Å². The third kappa shape index (κ3) is 2.25. The van der Waals surface area contributed by atoms with Crippen LogP contribution < -0.4 is 5.32 Å². The van der Waals surface area contributed by atoms with Crippen LogP contribution in [0.15, 0.2) is 0 Å². The van der Waals surface area contributed by atoms with Gasteiger partial charge >= 0.3 is 0 Å². The minimum atomic E-state index is -3.21. The molecule has 1 unspecified atom stereocenters. The molecular weight excluding hydrogens is 202 g/mol. The van der Waals surface area contributed by atoms with E-state index in [2.05, 4.69) is 5.32 Å². The van der Waals surface area contributed by atoms with Crippen LogP contribution in [0, 0.1) is 0 Å². The fourth-order valence-electron chi connectivity index (χ4n) is 1.53. The first-order chi connectivity index (χ1) is 6.52. The second-order valence-corrected chi connectivity index (χ2v) is 5.59. The fraction of sp³-hybridized carbons (Fsp3) is 1.00. The van der Waals surface area contributed by atoms with Gasteiger partial charge in [-0.25, -0.2) is 0 Å². The second kappa shape index (κ2) is 4.57. The van der Waals surface area contributed by atoms with Crippen molar-refractivity contribution in [2.45, 2.75) is 19.4 Å². The Hall–Kier alpha value is -0.170. The van der Waals surface area contributed by atoms with Crippen LogP contribution in [0.1, 0.15) is 13.3 Å². The number of rotatable bonds is 4. The predicted octanol–water partition coefficient (Wildman–Crippen LogP) is -0.523. The fourth-order valence-corrected chi connectivity index (χ4v) is 2.96. The molecule has 0 spiro atoms. The molecule has 0 aromatic rings. The molecule has 0 aromatic heterocycles. The molecule has 1 rings (SSSR count). The average Bonchev–Trinajstić information content (AvgIpc) is 2.65. The number of likely N-dealkylation sites (N-methyl/N-ethyl adjacent to an activating group) is 1. The predicted molar refractivity (Wildman–Crippen MR) is 56.3 cm³/mol. The van der Waals surface area contributed by atoms with E-state index < -0.39 is 10.2 Å². The summed E-state index contributed by atoms with van der Waals surface area (Å²) in [5.74, 6) is 0. The zero-order chi connectivity index (χ0) is 10.8. The van der Waals surface area contributed by atoms with Gasteiger partial charge in [0.05, 0.1) is 0 Å². The largest absolute Gasteiger partial charge is 0.316 e. The second-order valence-electron chi connectivity index (χ2n) is 3.55. The highest BCUT2D eigenvalue weighted by molar-refractivity contribution is 7.86. The quantitative estimate of drug-likeness (QED) is 0.695. The smallest absolute Gasteiger partial charge is 0.281 e. The van der Waals surface area contributed by atoms with Gasteiger partial charge in [-0.3, -0.25) is 0 Å². The molecule has 0 aliphatic carbocycles. The summed E-state index contributed by atoms with van der Waals surface area (Å²) >= 11 is 0. The Kier molecular flexibility index (Phi) is 3.88. The Morgan fingerprint density at radius 1 is 1.57 bits per heavy atom. The van der Waals surface area contributed by atoms with Crippen molar-refractivity contribution in [1.29, 1.82) is 0 Å². The summed E-state index contributed by atoms with van der Waals surface area (Å²) in [6.45, 7) is 3.56. The third-order valence-electron chi connectivity index (χ3n) is 2.72. The zero-order valence-electron chi connectivity index (χ0n) is 9.02. The summed E-state index contributed by atoms with van der Waals surface area (Å²) < 4.78 is 26.6. The average molecular weight is 221 g/mol. The summed E-state index contributed by atoms with van der Waals surface area (Å²) in [4.78, 5) is 0. The summed E-state index contributed by atoms with van der Waals surface area (Å²) in [6.07, 6.45) is 0.896.